The Balaban J connectivity index is 2.94. The van der Waals surface area contributed by atoms with Crippen molar-refractivity contribution < 1.29 is 19.3 Å². The van der Waals surface area contributed by atoms with Crippen LogP contribution in [0.2, 0.25) is 0 Å². The van der Waals surface area contributed by atoms with Crippen LogP contribution in [0.25, 0.3) is 0 Å². The Labute approximate surface area is 109 Å². The number of hydrogen-bond acceptors (Lipinski definition) is 4. The van der Waals surface area contributed by atoms with Gasteiger partial charge >= 0.3 is 0 Å². The lowest BCUT2D eigenvalue weighted by Gasteiger charge is -2.14. The maximum atomic E-state index is 9.17. The van der Waals surface area contributed by atoms with E-state index in [-0.39, 0.29) is 13.4 Å². The molecule has 0 unspecified atom stereocenters. The minimum absolute atomic E-state index is 0.0783. The average molecular weight is 338 g/mol. The van der Waals surface area contributed by atoms with Crippen LogP contribution < -0.4 is 9.47 Å². The molecule has 0 fully saturated rings. The Morgan fingerprint density at radius 1 is 1.31 bits per heavy atom. The third kappa shape index (κ3) is 3.23. The number of aliphatic hydroxyl groups is 1. The van der Waals surface area contributed by atoms with Gasteiger partial charge in [0.1, 0.15) is 0 Å². The minimum Gasteiger partial charge on any atom is -0.492 e. The molecule has 0 saturated heterocycles. The van der Waals surface area contributed by atoms with Gasteiger partial charge in [-0.05, 0) is 35.6 Å². The van der Waals surface area contributed by atoms with Crippen LogP contribution in [-0.2, 0) is 11.3 Å². The molecule has 0 aliphatic carbocycles. The van der Waals surface area contributed by atoms with Crippen molar-refractivity contribution >= 4 is 22.6 Å². The van der Waals surface area contributed by atoms with Crippen LogP contribution in [-0.4, -0.2) is 25.6 Å². The lowest BCUT2D eigenvalue weighted by molar-refractivity contribution is 0.0202. The molecular formula is C11H15IO4. The number of hydrogen-bond donors (Lipinski definition) is 1. The first-order valence-corrected chi connectivity index (χ1v) is 5.99. The van der Waals surface area contributed by atoms with E-state index in [0.29, 0.717) is 23.7 Å². The molecule has 1 rings (SSSR count). The fourth-order valence-corrected chi connectivity index (χ4v) is 1.83. The summed E-state index contributed by atoms with van der Waals surface area (Å²) in [7, 11) is 1.55. The van der Waals surface area contributed by atoms with Crippen LogP contribution in [0.1, 0.15) is 12.5 Å². The molecule has 5 heteroatoms. The van der Waals surface area contributed by atoms with Gasteiger partial charge in [0.15, 0.2) is 18.3 Å². The first kappa shape index (κ1) is 13.5. The van der Waals surface area contributed by atoms with Crippen molar-refractivity contribution in [3.05, 3.63) is 21.3 Å². The van der Waals surface area contributed by atoms with E-state index in [2.05, 4.69) is 22.6 Å². The smallest absolute Gasteiger partial charge is 0.189 e. The zero-order valence-corrected chi connectivity index (χ0v) is 11.5. The summed E-state index contributed by atoms with van der Waals surface area (Å²) >= 11 is 2.15. The summed E-state index contributed by atoms with van der Waals surface area (Å²) in [5.74, 6) is 1.18. The number of rotatable bonds is 6. The van der Waals surface area contributed by atoms with E-state index in [1.165, 1.54) is 0 Å². The summed E-state index contributed by atoms with van der Waals surface area (Å²) in [5.41, 5.74) is 0.703. The summed E-state index contributed by atoms with van der Waals surface area (Å²) in [6.45, 7) is 2.59. The monoisotopic (exact) mass is 338 g/mol. The minimum atomic E-state index is -0.0783. The lowest BCUT2D eigenvalue weighted by atomic mass is 10.2. The Bertz CT molecular complexity index is 341. The van der Waals surface area contributed by atoms with E-state index < -0.39 is 0 Å². The predicted molar refractivity (Wildman–Crippen MR) is 68.8 cm³/mol. The van der Waals surface area contributed by atoms with Crippen molar-refractivity contribution in [2.24, 2.45) is 0 Å². The molecule has 1 aromatic carbocycles. The Hall–Kier alpha value is -0.530. The molecular weight excluding hydrogens is 323 g/mol. The molecule has 0 aliphatic heterocycles. The molecule has 0 saturated carbocycles. The van der Waals surface area contributed by atoms with Crippen molar-refractivity contribution in [3.63, 3.8) is 0 Å². The normalized spacial score (nSPS) is 10.2. The van der Waals surface area contributed by atoms with Gasteiger partial charge in [-0.3, -0.25) is 0 Å². The van der Waals surface area contributed by atoms with Crippen LogP contribution in [0.4, 0.5) is 0 Å². The Morgan fingerprint density at radius 3 is 2.62 bits per heavy atom. The van der Waals surface area contributed by atoms with E-state index >= 15 is 0 Å². The first-order valence-electron chi connectivity index (χ1n) is 4.91. The molecule has 1 N–H and O–H groups in total. The molecule has 0 atom stereocenters. The molecule has 0 spiro atoms. The summed E-state index contributed by atoms with van der Waals surface area (Å²) in [6, 6.07) is 3.68. The van der Waals surface area contributed by atoms with Crippen LogP contribution in [0.15, 0.2) is 12.1 Å². The van der Waals surface area contributed by atoms with E-state index in [9.17, 15) is 0 Å². The van der Waals surface area contributed by atoms with Crippen molar-refractivity contribution in [1.82, 2.24) is 0 Å². The highest BCUT2D eigenvalue weighted by Crippen LogP contribution is 2.35. The van der Waals surface area contributed by atoms with Gasteiger partial charge in [-0.25, -0.2) is 0 Å². The summed E-state index contributed by atoms with van der Waals surface area (Å²) in [6.07, 6.45) is 0. The van der Waals surface area contributed by atoms with Gasteiger partial charge in [-0.1, -0.05) is 6.07 Å². The van der Waals surface area contributed by atoms with E-state index in [1.807, 2.05) is 19.1 Å². The van der Waals surface area contributed by atoms with Gasteiger partial charge in [0.05, 0.1) is 17.3 Å². The van der Waals surface area contributed by atoms with Crippen molar-refractivity contribution in [2.45, 2.75) is 13.5 Å². The summed E-state index contributed by atoms with van der Waals surface area (Å²) in [4.78, 5) is 0. The van der Waals surface area contributed by atoms with Crippen molar-refractivity contribution in [3.8, 4) is 11.5 Å². The molecule has 0 heterocycles. The molecule has 90 valence electrons. The molecule has 1 aromatic rings. The quantitative estimate of drug-likeness (QED) is 0.491. The first-order chi connectivity index (χ1) is 7.74. The molecule has 0 radical (unpaired) electrons. The zero-order valence-electron chi connectivity index (χ0n) is 9.33. The topological polar surface area (TPSA) is 47.9 Å². The fourth-order valence-electron chi connectivity index (χ4n) is 1.25. The van der Waals surface area contributed by atoms with Gasteiger partial charge in [0.2, 0.25) is 0 Å². The van der Waals surface area contributed by atoms with Crippen LogP contribution in [0, 0.1) is 3.57 Å². The van der Waals surface area contributed by atoms with Gasteiger partial charge < -0.3 is 19.3 Å². The Morgan fingerprint density at radius 2 is 2.06 bits per heavy atom. The fraction of sp³-hybridized carbons (Fsp3) is 0.455. The molecule has 4 nitrogen and oxygen atoms in total. The van der Waals surface area contributed by atoms with Gasteiger partial charge in [0.25, 0.3) is 0 Å². The predicted octanol–water partition coefficient (Wildman–Crippen LogP) is 2.16. The third-order valence-corrected chi connectivity index (χ3v) is 2.86. The maximum Gasteiger partial charge on any atom is 0.189 e. The number of halogens is 1. The van der Waals surface area contributed by atoms with Crippen LogP contribution >= 0.6 is 22.6 Å². The number of aliphatic hydroxyl groups excluding tert-OH is 1. The standard InChI is InChI=1S/C11H15IO4/c1-3-15-7-16-11-9(12)5-4-8(6-13)10(11)14-2/h4-5,13H,3,6-7H2,1-2H3. The average Bonchev–Trinajstić information content (AvgIpc) is 2.31. The van der Waals surface area contributed by atoms with E-state index in [0.717, 1.165) is 3.57 Å². The van der Waals surface area contributed by atoms with Crippen LogP contribution in [0.5, 0.6) is 11.5 Å². The highest BCUT2D eigenvalue weighted by atomic mass is 127. The number of benzene rings is 1. The van der Waals surface area contributed by atoms with Gasteiger partial charge in [-0.2, -0.15) is 0 Å². The van der Waals surface area contributed by atoms with Gasteiger partial charge in [-0.15, -0.1) is 0 Å². The highest BCUT2D eigenvalue weighted by molar-refractivity contribution is 14.1. The molecule has 0 aromatic heterocycles. The SMILES string of the molecule is CCOCOc1c(I)ccc(CO)c1OC. The van der Waals surface area contributed by atoms with Crippen molar-refractivity contribution in [1.29, 1.82) is 0 Å². The highest BCUT2D eigenvalue weighted by Gasteiger charge is 2.13. The van der Waals surface area contributed by atoms with Gasteiger partial charge in [0, 0.05) is 12.2 Å². The zero-order chi connectivity index (χ0) is 12.0. The second-order valence-electron chi connectivity index (χ2n) is 2.98. The second kappa shape index (κ2) is 6.93. The number of ether oxygens (including phenoxy) is 3. The maximum absolute atomic E-state index is 9.17. The molecule has 0 amide bonds. The van der Waals surface area contributed by atoms with Crippen molar-refractivity contribution in [2.75, 3.05) is 20.5 Å². The van der Waals surface area contributed by atoms with E-state index in [1.54, 1.807) is 7.11 Å². The van der Waals surface area contributed by atoms with E-state index in [4.69, 9.17) is 19.3 Å². The lowest BCUT2D eigenvalue weighted by Crippen LogP contribution is -2.06. The third-order valence-electron chi connectivity index (χ3n) is 2.01. The number of methoxy groups -OCH3 is 1. The molecule has 16 heavy (non-hydrogen) atoms. The molecule has 0 bridgehead atoms. The van der Waals surface area contributed by atoms with Crippen LogP contribution in [0.3, 0.4) is 0 Å². The second-order valence-corrected chi connectivity index (χ2v) is 4.14. The molecule has 0 aliphatic rings. The largest absolute Gasteiger partial charge is 0.492 e. The Kier molecular flexibility index (Phi) is 5.86. The summed E-state index contributed by atoms with van der Waals surface area (Å²) in [5, 5.41) is 9.17. The summed E-state index contributed by atoms with van der Waals surface area (Å²) < 4.78 is 16.8.